The molecule has 1 rings (SSSR count). The van der Waals surface area contributed by atoms with E-state index < -0.39 is 12.1 Å². The second kappa shape index (κ2) is 7.64. The van der Waals surface area contributed by atoms with E-state index in [1.54, 1.807) is 13.0 Å². The van der Waals surface area contributed by atoms with Gasteiger partial charge in [-0.1, -0.05) is 0 Å². The maximum Gasteiger partial charge on any atom is 0.341 e. The number of anilines is 1. The number of aliphatic hydroxyl groups is 1. The van der Waals surface area contributed by atoms with Crippen molar-refractivity contribution in [2.45, 2.75) is 39.2 Å². The Balaban J connectivity index is 3.11. The number of nitrogens with one attached hydrogen (secondary N) is 1. The zero-order valence-electron chi connectivity index (χ0n) is 12.5. The number of rotatable bonds is 6. The highest BCUT2D eigenvalue weighted by atomic mass is 16.5. The van der Waals surface area contributed by atoms with E-state index in [-0.39, 0.29) is 17.2 Å². The van der Waals surface area contributed by atoms with Gasteiger partial charge in [0, 0.05) is 18.2 Å². The highest BCUT2D eigenvalue weighted by Gasteiger charge is 2.18. The summed E-state index contributed by atoms with van der Waals surface area (Å²) in [7, 11) is 1.23. The molecule has 116 valence electrons. The molecule has 0 aliphatic heterocycles. The number of hydrogen-bond donors (Lipinski definition) is 3. The normalized spacial score (nSPS) is 11.8. The van der Waals surface area contributed by atoms with Crippen LogP contribution in [0.5, 0.6) is 5.75 Å². The molecule has 1 amide bonds. The van der Waals surface area contributed by atoms with Gasteiger partial charge in [-0.25, -0.2) is 4.79 Å². The molecule has 21 heavy (non-hydrogen) atoms. The Morgan fingerprint density at radius 2 is 2.05 bits per heavy atom. The number of aromatic hydroxyl groups is 1. The monoisotopic (exact) mass is 295 g/mol. The van der Waals surface area contributed by atoms with Crippen LogP contribution in [0.2, 0.25) is 0 Å². The molecule has 1 atom stereocenters. The average Bonchev–Trinajstić information content (AvgIpc) is 2.40. The molecule has 3 N–H and O–H groups in total. The topological polar surface area (TPSA) is 95.9 Å². The van der Waals surface area contributed by atoms with Gasteiger partial charge in [0.25, 0.3) is 0 Å². The number of amides is 1. The van der Waals surface area contributed by atoms with Gasteiger partial charge < -0.3 is 20.3 Å². The Bertz CT molecular complexity index is 525. The molecule has 0 heterocycles. The number of carbonyl (C=O) groups is 2. The largest absolute Gasteiger partial charge is 0.507 e. The van der Waals surface area contributed by atoms with Crippen molar-refractivity contribution in [3.05, 3.63) is 23.3 Å². The third-order valence-electron chi connectivity index (χ3n) is 3.05. The van der Waals surface area contributed by atoms with Crippen LogP contribution in [-0.2, 0) is 16.0 Å². The van der Waals surface area contributed by atoms with Crippen LogP contribution in [0.15, 0.2) is 12.1 Å². The second-order valence-electron chi connectivity index (χ2n) is 4.90. The Morgan fingerprint density at radius 3 is 2.57 bits per heavy atom. The first-order chi connectivity index (χ1) is 9.86. The number of hydrogen-bond acceptors (Lipinski definition) is 5. The molecule has 0 bridgehead atoms. The smallest absolute Gasteiger partial charge is 0.341 e. The SMILES string of the molecule is COC(=O)c1ccc(NC(C)=O)c(CCCC(C)O)c1O. The molecular weight excluding hydrogens is 274 g/mol. The Morgan fingerprint density at radius 1 is 1.38 bits per heavy atom. The van der Waals surface area contributed by atoms with Crippen LogP contribution in [0.1, 0.15) is 42.6 Å². The number of phenolic OH excluding ortho intramolecular Hbond substituents is 1. The molecule has 6 nitrogen and oxygen atoms in total. The average molecular weight is 295 g/mol. The quantitative estimate of drug-likeness (QED) is 0.696. The van der Waals surface area contributed by atoms with Crippen molar-refractivity contribution in [2.75, 3.05) is 12.4 Å². The lowest BCUT2D eigenvalue weighted by atomic mass is 10.00. The molecule has 0 aliphatic carbocycles. The van der Waals surface area contributed by atoms with E-state index in [9.17, 15) is 19.8 Å². The molecule has 1 aromatic carbocycles. The first kappa shape index (κ1) is 17.0. The van der Waals surface area contributed by atoms with Gasteiger partial charge in [0.05, 0.1) is 13.2 Å². The summed E-state index contributed by atoms with van der Waals surface area (Å²) in [6.45, 7) is 3.05. The maximum absolute atomic E-state index is 11.6. The van der Waals surface area contributed by atoms with Crippen molar-refractivity contribution in [1.29, 1.82) is 0 Å². The summed E-state index contributed by atoms with van der Waals surface area (Å²) in [5, 5.41) is 22.1. The first-order valence-corrected chi connectivity index (χ1v) is 6.75. The Kier molecular flexibility index (Phi) is 6.17. The van der Waals surface area contributed by atoms with Crippen LogP contribution in [0, 0.1) is 0 Å². The van der Waals surface area contributed by atoms with E-state index in [0.717, 1.165) is 0 Å². The molecule has 0 saturated carbocycles. The molecule has 0 aromatic heterocycles. The molecule has 0 fully saturated rings. The number of carbonyl (C=O) groups excluding carboxylic acids is 2. The van der Waals surface area contributed by atoms with Gasteiger partial charge in [0.1, 0.15) is 11.3 Å². The number of ether oxygens (including phenoxy) is 1. The summed E-state index contributed by atoms with van der Waals surface area (Å²) in [6, 6.07) is 2.97. The van der Waals surface area contributed by atoms with Gasteiger partial charge in [-0.3, -0.25) is 4.79 Å². The molecule has 0 saturated heterocycles. The predicted molar refractivity (Wildman–Crippen MR) is 78.4 cm³/mol. The fourth-order valence-corrected chi connectivity index (χ4v) is 2.05. The molecule has 1 aromatic rings. The number of aliphatic hydroxyl groups excluding tert-OH is 1. The number of benzene rings is 1. The number of phenols is 1. The zero-order chi connectivity index (χ0) is 16.0. The van der Waals surface area contributed by atoms with Crippen LogP contribution in [0.4, 0.5) is 5.69 Å². The summed E-state index contributed by atoms with van der Waals surface area (Å²) < 4.78 is 4.61. The van der Waals surface area contributed by atoms with Gasteiger partial charge in [0.2, 0.25) is 5.91 Å². The van der Waals surface area contributed by atoms with Gasteiger partial charge in [0.15, 0.2) is 0 Å². The number of esters is 1. The Labute approximate surface area is 123 Å². The van der Waals surface area contributed by atoms with Crippen molar-refractivity contribution in [3.8, 4) is 5.75 Å². The lowest BCUT2D eigenvalue weighted by molar-refractivity contribution is -0.114. The molecule has 1 unspecified atom stereocenters. The van der Waals surface area contributed by atoms with E-state index in [1.165, 1.54) is 20.1 Å². The van der Waals surface area contributed by atoms with Gasteiger partial charge >= 0.3 is 5.97 Å². The Hall–Kier alpha value is -2.08. The maximum atomic E-state index is 11.6. The van der Waals surface area contributed by atoms with Crippen LogP contribution in [0.3, 0.4) is 0 Å². The van der Waals surface area contributed by atoms with Crippen molar-refractivity contribution in [3.63, 3.8) is 0 Å². The number of methoxy groups -OCH3 is 1. The fourth-order valence-electron chi connectivity index (χ4n) is 2.05. The van der Waals surface area contributed by atoms with E-state index >= 15 is 0 Å². The van der Waals surface area contributed by atoms with Crippen molar-refractivity contribution >= 4 is 17.6 Å². The van der Waals surface area contributed by atoms with Crippen molar-refractivity contribution in [2.24, 2.45) is 0 Å². The molecular formula is C15H21NO5. The van der Waals surface area contributed by atoms with E-state index in [0.29, 0.717) is 30.5 Å². The minimum absolute atomic E-state index is 0.0543. The molecule has 0 spiro atoms. The van der Waals surface area contributed by atoms with Crippen LogP contribution < -0.4 is 5.32 Å². The third kappa shape index (κ3) is 4.75. The fraction of sp³-hybridized carbons (Fsp3) is 0.467. The lowest BCUT2D eigenvalue weighted by Gasteiger charge is -2.14. The van der Waals surface area contributed by atoms with E-state index in [1.807, 2.05) is 0 Å². The highest BCUT2D eigenvalue weighted by molar-refractivity contribution is 5.96. The summed E-state index contributed by atoms with van der Waals surface area (Å²) >= 11 is 0. The second-order valence-corrected chi connectivity index (χ2v) is 4.90. The molecule has 0 radical (unpaired) electrons. The van der Waals surface area contributed by atoms with Crippen LogP contribution in [0.25, 0.3) is 0 Å². The third-order valence-corrected chi connectivity index (χ3v) is 3.05. The highest BCUT2D eigenvalue weighted by Crippen LogP contribution is 2.32. The minimum Gasteiger partial charge on any atom is -0.507 e. The van der Waals surface area contributed by atoms with Crippen molar-refractivity contribution < 1.29 is 24.5 Å². The van der Waals surface area contributed by atoms with Gasteiger partial charge in [-0.05, 0) is 38.3 Å². The molecule has 0 aliphatic rings. The summed E-state index contributed by atoms with van der Waals surface area (Å²) in [6.07, 6.45) is 1.15. The first-order valence-electron chi connectivity index (χ1n) is 6.75. The summed E-state index contributed by atoms with van der Waals surface area (Å²) in [5.74, 6) is -1.10. The van der Waals surface area contributed by atoms with E-state index in [4.69, 9.17) is 0 Å². The molecule has 6 heteroatoms. The summed E-state index contributed by atoms with van der Waals surface area (Å²) in [5.41, 5.74) is 0.977. The van der Waals surface area contributed by atoms with Gasteiger partial charge in [-0.2, -0.15) is 0 Å². The standard InChI is InChI=1S/C15H21NO5/c1-9(17)5-4-6-11-13(16-10(2)18)8-7-12(14(11)19)15(20)21-3/h7-9,17,19H,4-6H2,1-3H3,(H,16,18). The van der Waals surface area contributed by atoms with Crippen LogP contribution >= 0.6 is 0 Å². The van der Waals surface area contributed by atoms with E-state index in [2.05, 4.69) is 10.1 Å². The summed E-state index contributed by atoms with van der Waals surface area (Å²) in [4.78, 5) is 22.8. The predicted octanol–water partition coefficient (Wildman–Crippen LogP) is 1.84. The minimum atomic E-state index is -0.640. The van der Waals surface area contributed by atoms with Gasteiger partial charge in [-0.15, -0.1) is 0 Å². The van der Waals surface area contributed by atoms with Crippen LogP contribution in [-0.4, -0.2) is 35.3 Å². The van der Waals surface area contributed by atoms with Crippen molar-refractivity contribution in [1.82, 2.24) is 0 Å². The zero-order valence-corrected chi connectivity index (χ0v) is 12.5. The lowest BCUT2D eigenvalue weighted by Crippen LogP contribution is -2.11.